The lowest BCUT2D eigenvalue weighted by atomic mass is 10.0. The fourth-order valence-corrected chi connectivity index (χ4v) is 2.03. The van der Waals surface area contributed by atoms with Crippen LogP contribution in [0.25, 0.3) is 0 Å². The first kappa shape index (κ1) is 14.1. The first-order chi connectivity index (χ1) is 9.58. The lowest BCUT2D eigenvalue weighted by Gasteiger charge is -2.26. The SMILES string of the molecule is O=C(O)CCNC(=O)N[C@H]1CCOc2c(F)cccc21. The average Bonchev–Trinajstić information content (AvgIpc) is 2.39. The molecule has 108 valence electrons. The van der Waals surface area contributed by atoms with Crippen molar-refractivity contribution in [2.24, 2.45) is 0 Å². The van der Waals surface area contributed by atoms with Gasteiger partial charge >= 0.3 is 12.0 Å². The molecule has 0 aliphatic carbocycles. The van der Waals surface area contributed by atoms with Crippen LogP contribution in [0.1, 0.15) is 24.4 Å². The van der Waals surface area contributed by atoms with Gasteiger partial charge in [0.2, 0.25) is 0 Å². The summed E-state index contributed by atoms with van der Waals surface area (Å²) in [5.74, 6) is -1.28. The molecule has 1 aromatic carbocycles. The predicted octanol–water partition coefficient (Wildman–Crippen LogP) is 1.42. The van der Waals surface area contributed by atoms with Crippen LogP contribution < -0.4 is 15.4 Å². The van der Waals surface area contributed by atoms with Crippen molar-refractivity contribution in [1.29, 1.82) is 0 Å². The van der Waals surface area contributed by atoms with E-state index in [0.717, 1.165) is 0 Å². The highest BCUT2D eigenvalue weighted by molar-refractivity contribution is 5.75. The number of carboxylic acid groups (broad SMARTS) is 1. The number of hydrogen-bond donors (Lipinski definition) is 3. The van der Waals surface area contributed by atoms with Crippen LogP contribution in [-0.2, 0) is 4.79 Å². The van der Waals surface area contributed by atoms with Crippen molar-refractivity contribution >= 4 is 12.0 Å². The maximum atomic E-state index is 13.6. The van der Waals surface area contributed by atoms with Crippen molar-refractivity contribution in [2.75, 3.05) is 13.2 Å². The maximum absolute atomic E-state index is 13.6. The Morgan fingerprint density at radius 3 is 3.00 bits per heavy atom. The molecular formula is C13H15FN2O4. The highest BCUT2D eigenvalue weighted by Gasteiger charge is 2.25. The van der Waals surface area contributed by atoms with Gasteiger partial charge < -0.3 is 20.5 Å². The minimum atomic E-state index is -0.983. The number of carbonyl (C=O) groups is 2. The number of amides is 2. The molecule has 7 heteroatoms. The quantitative estimate of drug-likeness (QED) is 0.779. The van der Waals surface area contributed by atoms with Crippen LogP contribution in [-0.4, -0.2) is 30.3 Å². The van der Waals surface area contributed by atoms with Crippen LogP contribution in [0, 0.1) is 5.82 Å². The number of ether oxygens (including phenoxy) is 1. The van der Waals surface area contributed by atoms with Gasteiger partial charge in [-0.1, -0.05) is 12.1 Å². The Hall–Kier alpha value is -2.31. The summed E-state index contributed by atoms with van der Waals surface area (Å²) < 4.78 is 18.8. The first-order valence-corrected chi connectivity index (χ1v) is 6.25. The van der Waals surface area contributed by atoms with Gasteiger partial charge in [0.1, 0.15) is 0 Å². The third-order valence-corrected chi connectivity index (χ3v) is 2.96. The highest BCUT2D eigenvalue weighted by Crippen LogP contribution is 2.33. The fourth-order valence-electron chi connectivity index (χ4n) is 2.03. The van der Waals surface area contributed by atoms with Crippen LogP contribution >= 0.6 is 0 Å². The molecule has 1 aliphatic heterocycles. The molecule has 2 rings (SSSR count). The van der Waals surface area contributed by atoms with Crippen molar-refractivity contribution in [3.8, 4) is 5.75 Å². The van der Waals surface area contributed by atoms with Crippen molar-refractivity contribution in [3.05, 3.63) is 29.6 Å². The Labute approximate surface area is 114 Å². The van der Waals surface area contributed by atoms with E-state index in [-0.39, 0.29) is 24.8 Å². The third-order valence-electron chi connectivity index (χ3n) is 2.96. The molecule has 2 amide bonds. The van der Waals surface area contributed by atoms with E-state index >= 15 is 0 Å². The van der Waals surface area contributed by atoms with Crippen LogP contribution in [0.5, 0.6) is 5.75 Å². The number of rotatable bonds is 4. The van der Waals surface area contributed by atoms with Crippen LogP contribution in [0.4, 0.5) is 9.18 Å². The Kier molecular flexibility index (Phi) is 4.39. The second-order valence-corrected chi connectivity index (χ2v) is 4.39. The van der Waals surface area contributed by atoms with Gasteiger partial charge in [-0.05, 0) is 6.07 Å². The Morgan fingerprint density at radius 1 is 1.45 bits per heavy atom. The fraction of sp³-hybridized carbons (Fsp3) is 0.385. The van der Waals surface area contributed by atoms with Gasteiger partial charge in [0.15, 0.2) is 11.6 Å². The van der Waals surface area contributed by atoms with Gasteiger partial charge in [-0.3, -0.25) is 4.79 Å². The molecule has 1 aliphatic rings. The summed E-state index contributed by atoms with van der Waals surface area (Å²) >= 11 is 0. The number of aliphatic carboxylic acids is 1. The van der Waals surface area contributed by atoms with Gasteiger partial charge in [0.25, 0.3) is 0 Å². The Balaban J connectivity index is 1.96. The largest absolute Gasteiger partial charge is 0.490 e. The molecular weight excluding hydrogens is 267 g/mol. The third kappa shape index (κ3) is 3.37. The molecule has 0 saturated heterocycles. The van der Waals surface area contributed by atoms with E-state index < -0.39 is 17.8 Å². The number of benzene rings is 1. The number of urea groups is 1. The van der Waals surface area contributed by atoms with Crippen LogP contribution in [0.15, 0.2) is 18.2 Å². The smallest absolute Gasteiger partial charge is 0.315 e. The van der Waals surface area contributed by atoms with E-state index in [4.69, 9.17) is 9.84 Å². The summed E-state index contributed by atoms with van der Waals surface area (Å²) in [5, 5.41) is 13.6. The number of fused-ring (bicyclic) bond motifs is 1. The zero-order chi connectivity index (χ0) is 14.5. The van der Waals surface area contributed by atoms with Crippen molar-refractivity contribution in [1.82, 2.24) is 10.6 Å². The molecule has 0 radical (unpaired) electrons. The van der Waals surface area contributed by atoms with Gasteiger partial charge in [-0.2, -0.15) is 0 Å². The van der Waals surface area contributed by atoms with E-state index in [1.807, 2.05) is 0 Å². The molecule has 0 saturated carbocycles. The van der Waals surface area contributed by atoms with Crippen molar-refractivity contribution in [3.63, 3.8) is 0 Å². The van der Waals surface area contributed by atoms with Crippen molar-refractivity contribution < 1.29 is 23.8 Å². The Morgan fingerprint density at radius 2 is 2.25 bits per heavy atom. The number of hydrogen-bond acceptors (Lipinski definition) is 3. The van der Waals surface area contributed by atoms with E-state index in [1.54, 1.807) is 12.1 Å². The summed E-state index contributed by atoms with van der Waals surface area (Å²) in [5.41, 5.74) is 0.588. The standard InChI is InChI=1S/C13H15FN2O4/c14-9-3-1-2-8-10(5-7-20-12(8)9)16-13(19)15-6-4-11(17)18/h1-3,10H,4-7H2,(H,17,18)(H2,15,16,19)/t10-/m0/s1. The summed E-state index contributed by atoms with van der Waals surface area (Å²) in [4.78, 5) is 22.0. The average molecular weight is 282 g/mol. The predicted molar refractivity (Wildman–Crippen MR) is 68.0 cm³/mol. The number of carbonyl (C=O) groups excluding carboxylic acids is 1. The number of carboxylic acids is 1. The minimum absolute atomic E-state index is 0.0421. The van der Waals surface area contributed by atoms with Crippen LogP contribution in [0.2, 0.25) is 0 Å². The summed E-state index contributed by atoms with van der Waals surface area (Å²) in [7, 11) is 0. The lowest BCUT2D eigenvalue weighted by Crippen LogP contribution is -2.40. The molecule has 1 aromatic rings. The van der Waals surface area contributed by atoms with Crippen molar-refractivity contribution in [2.45, 2.75) is 18.9 Å². The highest BCUT2D eigenvalue weighted by atomic mass is 19.1. The second kappa shape index (κ2) is 6.23. The van der Waals surface area contributed by atoms with E-state index in [9.17, 15) is 14.0 Å². The van der Waals surface area contributed by atoms with Gasteiger partial charge in [0, 0.05) is 18.5 Å². The molecule has 0 unspecified atom stereocenters. The molecule has 1 atom stereocenters. The normalized spacial score (nSPS) is 16.8. The zero-order valence-corrected chi connectivity index (χ0v) is 10.7. The van der Waals surface area contributed by atoms with Gasteiger partial charge in [0.05, 0.1) is 19.1 Å². The summed E-state index contributed by atoms with van der Waals surface area (Å²) in [6, 6.07) is 3.72. The summed E-state index contributed by atoms with van der Waals surface area (Å²) in [6.45, 7) is 0.356. The molecule has 20 heavy (non-hydrogen) atoms. The molecule has 6 nitrogen and oxygen atoms in total. The minimum Gasteiger partial charge on any atom is -0.490 e. The molecule has 0 bridgehead atoms. The van der Waals surface area contributed by atoms with E-state index in [2.05, 4.69) is 10.6 Å². The number of nitrogens with one attached hydrogen (secondary N) is 2. The summed E-state index contributed by atoms with van der Waals surface area (Å²) in [6.07, 6.45) is 0.384. The lowest BCUT2D eigenvalue weighted by molar-refractivity contribution is -0.136. The Bertz CT molecular complexity index is 521. The van der Waals surface area contributed by atoms with E-state index in [1.165, 1.54) is 6.07 Å². The molecule has 0 spiro atoms. The molecule has 0 fully saturated rings. The number of halogens is 1. The molecule has 3 N–H and O–H groups in total. The van der Waals surface area contributed by atoms with E-state index in [0.29, 0.717) is 18.6 Å². The number of para-hydroxylation sites is 1. The molecule has 1 heterocycles. The van der Waals surface area contributed by atoms with Crippen LogP contribution in [0.3, 0.4) is 0 Å². The monoisotopic (exact) mass is 282 g/mol. The van der Waals surface area contributed by atoms with Gasteiger partial charge in [-0.25, -0.2) is 9.18 Å². The zero-order valence-electron chi connectivity index (χ0n) is 10.7. The first-order valence-electron chi connectivity index (χ1n) is 6.25. The van der Waals surface area contributed by atoms with Gasteiger partial charge in [-0.15, -0.1) is 0 Å². The maximum Gasteiger partial charge on any atom is 0.315 e. The second-order valence-electron chi connectivity index (χ2n) is 4.39. The molecule has 0 aromatic heterocycles. The topological polar surface area (TPSA) is 87.7 Å².